The quantitative estimate of drug-likeness (QED) is 0.312. The number of rotatable bonds is 6. The molecular formula is C24H23FN2O4S. The first kappa shape index (κ1) is 22.2. The van der Waals surface area contributed by atoms with E-state index >= 15 is 0 Å². The van der Waals surface area contributed by atoms with E-state index in [2.05, 4.69) is 4.98 Å². The Morgan fingerprint density at radius 3 is 2.56 bits per heavy atom. The van der Waals surface area contributed by atoms with Crippen LogP contribution in [0.3, 0.4) is 0 Å². The Hall–Kier alpha value is -2.97. The van der Waals surface area contributed by atoms with Gasteiger partial charge in [-0.2, -0.15) is 4.98 Å². The topological polar surface area (TPSA) is 70.4 Å². The van der Waals surface area contributed by atoms with Crippen molar-refractivity contribution in [3.05, 3.63) is 82.3 Å². The third-order valence-corrected chi connectivity index (χ3v) is 6.02. The van der Waals surface area contributed by atoms with Crippen molar-refractivity contribution in [2.75, 3.05) is 12.9 Å². The summed E-state index contributed by atoms with van der Waals surface area (Å²) in [6.07, 6.45) is 0.697. The van der Waals surface area contributed by atoms with Crippen LogP contribution in [-0.4, -0.2) is 40.7 Å². The maximum Gasteiger partial charge on any atom is 0.338 e. The van der Waals surface area contributed by atoms with Crippen molar-refractivity contribution in [2.24, 2.45) is 0 Å². The molecule has 1 aliphatic heterocycles. The second-order valence-corrected chi connectivity index (χ2v) is 8.32. The molecule has 0 spiro atoms. The summed E-state index contributed by atoms with van der Waals surface area (Å²) in [6.45, 7) is 1.46. The molecule has 0 saturated carbocycles. The molecule has 1 fully saturated rings. The first-order valence-electron chi connectivity index (χ1n) is 10.2. The predicted molar refractivity (Wildman–Crippen MR) is 121 cm³/mol. The SMILES string of the molecule is CSc1nc(=O)c(C)cn1[C@@H]1C[C@H](F)[C@@H](COC(=O)c2ccc(-c3ccccc3)cc2)O1. The summed E-state index contributed by atoms with van der Waals surface area (Å²) in [5, 5.41) is 0.453. The van der Waals surface area contributed by atoms with Crippen LogP contribution in [0.4, 0.5) is 4.39 Å². The molecule has 3 aromatic rings. The van der Waals surface area contributed by atoms with Crippen LogP contribution in [0.15, 0.2) is 70.7 Å². The van der Waals surface area contributed by atoms with Crippen molar-refractivity contribution in [1.29, 1.82) is 0 Å². The summed E-state index contributed by atoms with van der Waals surface area (Å²) in [5.74, 6) is -0.533. The second-order valence-electron chi connectivity index (χ2n) is 7.55. The molecule has 32 heavy (non-hydrogen) atoms. The molecule has 0 bridgehead atoms. The molecule has 166 valence electrons. The fourth-order valence-corrected chi connectivity index (χ4v) is 4.14. The lowest BCUT2D eigenvalue weighted by molar-refractivity contribution is -0.0458. The number of alkyl halides is 1. The normalized spacial score (nSPS) is 20.3. The summed E-state index contributed by atoms with van der Waals surface area (Å²) in [5.41, 5.74) is 2.57. The van der Waals surface area contributed by atoms with Gasteiger partial charge in [0.15, 0.2) is 5.16 Å². The lowest BCUT2D eigenvalue weighted by Crippen LogP contribution is -2.26. The van der Waals surface area contributed by atoms with E-state index in [1.807, 2.05) is 42.5 Å². The van der Waals surface area contributed by atoms with Crippen LogP contribution in [0.25, 0.3) is 11.1 Å². The maximum atomic E-state index is 14.6. The van der Waals surface area contributed by atoms with E-state index in [1.54, 1.807) is 36.1 Å². The molecule has 1 saturated heterocycles. The summed E-state index contributed by atoms with van der Waals surface area (Å²) >= 11 is 1.29. The Morgan fingerprint density at radius 1 is 1.19 bits per heavy atom. The van der Waals surface area contributed by atoms with Gasteiger partial charge in [-0.25, -0.2) is 9.18 Å². The van der Waals surface area contributed by atoms with E-state index < -0.39 is 24.5 Å². The van der Waals surface area contributed by atoms with Crippen LogP contribution in [0.2, 0.25) is 0 Å². The molecule has 0 unspecified atom stereocenters. The number of esters is 1. The Morgan fingerprint density at radius 2 is 1.88 bits per heavy atom. The number of nitrogens with zero attached hydrogens (tertiary/aromatic N) is 2. The number of hydrogen-bond acceptors (Lipinski definition) is 6. The molecule has 1 aromatic heterocycles. The van der Waals surface area contributed by atoms with Gasteiger partial charge in [0.2, 0.25) is 0 Å². The largest absolute Gasteiger partial charge is 0.459 e. The molecule has 2 aromatic carbocycles. The second kappa shape index (κ2) is 9.67. The summed E-state index contributed by atoms with van der Waals surface area (Å²) in [7, 11) is 0. The number of halogens is 1. The zero-order valence-corrected chi connectivity index (χ0v) is 18.5. The molecule has 0 amide bonds. The highest BCUT2D eigenvalue weighted by Crippen LogP contribution is 2.33. The van der Waals surface area contributed by atoms with Crippen LogP contribution in [0.1, 0.15) is 28.6 Å². The first-order valence-corrected chi connectivity index (χ1v) is 11.4. The molecule has 2 heterocycles. The third-order valence-electron chi connectivity index (χ3n) is 5.35. The maximum absolute atomic E-state index is 14.6. The standard InChI is InChI=1S/C24H23FN2O4S/c1-15-13-27(24(32-2)26-22(15)28)21-12-19(25)20(31-21)14-30-23(29)18-10-8-17(9-11-18)16-6-4-3-5-7-16/h3-11,13,19-21H,12,14H2,1-2H3/t19-,20+,21-/m0/s1. The van der Waals surface area contributed by atoms with Crippen LogP contribution in [0.5, 0.6) is 0 Å². The van der Waals surface area contributed by atoms with Crippen LogP contribution in [0, 0.1) is 6.92 Å². The summed E-state index contributed by atoms with van der Waals surface area (Å²) in [4.78, 5) is 28.2. The van der Waals surface area contributed by atoms with Gasteiger partial charge >= 0.3 is 5.97 Å². The zero-order chi connectivity index (χ0) is 22.7. The van der Waals surface area contributed by atoms with E-state index in [4.69, 9.17) is 9.47 Å². The average molecular weight is 455 g/mol. The highest BCUT2D eigenvalue weighted by atomic mass is 32.2. The molecule has 3 atom stereocenters. The number of benzene rings is 2. The van der Waals surface area contributed by atoms with Crippen molar-refractivity contribution in [1.82, 2.24) is 9.55 Å². The summed E-state index contributed by atoms with van der Waals surface area (Å²) < 4.78 is 27.4. The van der Waals surface area contributed by atoms with Gasteiger partial charge in [0.25, 0.3) is 5.56 Å². The molecule has 0 radical (unpaired) electrons. The van der Waals surface area contributed by atoms with Crippen molar-refractivity contribution >= 4 is 17.7 Å². The number of ether oxygens (including phenoxy) is 2. The van der Waals surface area contributed by atoms with Gasteiger partial charge in [-0.3, -0.25) is 4.79 Å². The van der Waals surface area contributed by atoms with Gasteiger partial charge in [0.1, 0.15) is 25.1 Å². The highest BCUT2D eigenvalue weighted by Gasteiger charge is 2.38. The van der Waals surface area contributed by atoms with Gasteiger partial charge in [0.05, 0.1) is 5.56 Å². The van der Waals surface area contributed by atoms with Crippen molar-refractivity contribution in [2.45, 2.75) is 37.0 Å². The Bertz CT molecular complexity index is 1150. The smallest absolute Gasteiger partial charge is 0.338 e. The average Bonchev–Trinajstić information content (AvgIpc) is 3.19. The van der Waals surface area contributed by atoms with Crippen molar-refractivity contribution in [3.63, 3.8) is 0 Å². The Balaban J connectivity index is 1.39. The molecular weight excluding hydrogens is 431 g/mol. The Kier molecular flexibility index (Phi) is 6.72. The van der Waals surface area contributed by atoms with E-state index in [0.717, 1.165) is 11.1 Å². The van der Waals surface area contributed by atoms with Gasteiger partial charge < -0.3 is 14.0 Å². The van der Waals surface area contributed by atoms with Gasteiger partial charge in [-0.1, -0.05) is 54.2 Å². The van der Waals surface area contributed by atoms with Crippen LogP contribution >= 0.6 is 11.8 Å². The van der Waals surface area contributed by atoms with Crippen LogP contribution in [-0.2, 0) is 9.47 Å². The van der Waals surface area contributed by atoms with Crippen molar-refractivity contribution < 1.29 is 18.7 Å². The van der Waals surface area contributed by atoms with Crippen molar-refractivity contribution in [3.8, 4) is 11.1 Å². The van der Waals surface area contributed by atoms with Gasteiger partial charge in [-0.15, -0.1) is 0 Å². The number of carbonyl (C=O) groups excluding carboxylic acids is 1. The summed E-state index contributed by atoms with van der Waals surface area (Å²) in [6, 6.07) is 16.9. The number of thioether (sulfide) groups is 1. The lowest BCUT2D eigenvalue weighted by Gasteiger charge is -2.19. The highest BCUT2D eigenvalue weighted by molar-refractivity contribution is 7.98. The number of hydrogen-bond donors (Lipinski definition) is 0. The molecule has 0 N–H and O–H groups in total. The van der Waals surface area contributed by atoms with E-state index in [1.165, 1.54) is 11.8 Å². The molecule has 0 aliphatic carbocycles. The number of carbonyl (C=O) groups is 1. The van der Waals surface area contributed by atoms with Gasteiger partial charge in [0, 0.05) is 18.2 Å². The predicted octanol–water partition coefficient (Wildman–Crippen LogP) is 4.42. The fraction of sp³-hybridized carbons (Fsp3) is 0.292. The monoisotopic (exact) mass is 454 g/mol. The molecule has 4 rings (SSSR count). The molecule has 6 nitrogen and oxygen atoms in total. The van der Waals surface area contributed by atoms with E-state index in [0.29, 0.717) is 16.3 Å². The van der Waals surface area contributed by atoms with Gasteiger partial charge in [-0.05, 0) is 36.4 Å². The third kappa shape index (κ3) is 4.76. The fourth-order valence-electron chi connectivity index (χ4n) is 3.59. The molecule has 8 heteroatoms. The molecule has 1 aliphatic rings. The zero-order valence-electron chi connectivity index (χ0n) is 17.7. The Labute approximate surface area is 189 Å². The van der Waals surface area contributed by atoms with E-state index in [-0.39, 0.29) is 18.6 Å². The lowest BCUT2D eigenvalue weighted by atomic mass is 10.0. The minimum Gasteiger partial charge on any atom is -0.459 e. The minimum atomic E-state index is -1.30. The number of aryl methyl sites for hydroxylation is 1. The van der Waals surface area contributed by atoms with Crippen LogP contribution < -0.4 is 5.56 Å². The first-order chi connectivity index (χ1) is 15.5. The minimum absolute atomic E-state index is 0.0888. The van der Waals surface area contributed by atoms with E-state index in [9.17, 15) is 14.0 Å². The number of aromatic nitrogens is 2.